The van der Waals surface area contributed by atoms with Crippen molar-refractivity contribution in [2.45, 2.75) is 24.5 Å². The molecule has 6 heteroatoms. The number of primary sulfonamides is 1. The van der Waals surface area contributed by atoms with E-state index in [0.717, 1.165) is 0 Å². The maximum atomic E-state index is 12.0. The quantitative estimate of drug-likeness (QED) is 0.668. The summed E-state index contributed by atoms with van der Waals surface area (Å²) >= 11 is 0. The number of halogens is 2. The van der Waals surface area contributed by atoms with Crippen molar-refractivity contribution >= 4 is 10.0 Å². The van der Waals surface area contributed by atoms with Gasteiger partial charge in [-0.1, -0.05) is 6.08 Å². The Morgan fingerprint density at radius 1 is 1.50 bits per heavy atom. The van der Waals surface area contributed by atoms with Crippen LogP contribution in [0.1, 0.15) is 12.8 Å². The number of alkyl halides is 2. The summed E-state index contributed by atoms with van der Waals surface area (Å²) in [4.78, 5) is 0. The van der Waals surface area contributed by atoms with Gasteiger partial charge in [0.05, 0.1) is 0 Å². The van der Waals surface area contributed by atoms with E-state index in [1.165, 1.54) is 6.08 Å². The molecule has 0 fully saturated rings. The molecule has 0 aromatic rings. The fourth-order valence-electron chi connectivity index (χ4n) is 0.716. The second-order valence-corrected chi connectivity index (χ2v) is 4.11. The number of sulfonamides is 1. The Kier molecular flexibility index (Phi) is 4.33. The molecule has 0 aromatic carbocycles. The van der Waals surface area contributed by atoms with Crippen LogP contribution in [0.2, 0.25) is 0 Å². The van der Waals surface area contributed by atoms with Crippen molar-refractivity contribution < 1.29 is 17.2 Å². The lowest BCUT2D eigenvalue weighted by atomic mass is 10.2. The first-order valence-electron chi connectivity index (χ1n) is 3.30. The first-order chi connectivity index (χ1) is 5.39. The SMILES string of the molecule is C=CCCC(C(F)F)S(N)(=O)=O. The molecule has 0 amide bonds. The fourth-order valence-corrected chi connectivity index (χ4v) is 1.47. The second kappa shape index (κ2) is 4.51. The summed E-state index contributed by atoms with van der Waals surface area (Å²) in [7, 11) is -4.13. The van der Waals surface area contributed by atoms with Crippen LogP contribution in [-0.4, -0.2) is 20.1 Å². The van der Waals surface area contributed by atoms with Crippen molar-refractivity contribution in [3.05, 3.63) is 12.7 Å². The van der Waals surface area contributed by atoms with Crippen LogP contribution >= 0.6 is 0 Å². The van der Waals surface area contributed by atoms with Crippen molar-refractivity contribution in [1.29, 1.82) is 0 Å². The van der Waals surface area contributed by atoms with Gasteiger partial charge in [0.2, 0.25) is 10.0 Å². The molecule has 0 aromatic heterocycles. The Morgan fingerprint density at radius 2 is 2.00 bits per heavy atom. The summed E-state index contributed by atoms with van der Waals surface area (Å²) in [6, 6.07) is 0. The fraction of sp³-hybridized carbons (Fsp3) is 0.667. The highest BCUT2D eigenvalue weighted by molar-refractivity contribution is 7.89. The van der Waals surface area contributed by atoms with Crippen LogP contribution in [0.15, 0.2) is 12.7 Å². The highest BCUT2D eigenvalue weighted by atomic mass is 32.2. The van der Waals surface area contributed by atoms with Gasteiger partial charge in [0.25, 0.3) is 6.43 Å². The van der Waals surface area contributed by atoms with Crippen molar-refractivity contribution in [3.63, 3.8) is 0 Å². The smallest absolute Gasteiger partial charge is 0.228 e. The monoisotopic (exact) mass is 199 g/mol. The normalized spacial score (nSPS) is 14.7. The minimum atomic E-state index is -4.13. The maximum absolute atomic E-state index is 12.0. The van der Waals surface area contributed by atoms with Crippen LogP contribution < -0.4 is 5.14 Å². The minimum Gasteiger partial charge on any atom is -0.228 e. The van der Waals surface area contributed by atoms with E-state index in [2.05, 4.69) is 11.7 Å². The second-order valence-electron chi connectivity index (χ2n) is 2.33. The summed E-state index contributed by atoms with van der Waals surface area (Å²) in [5, 5.41) is 2.81. The molecule has 72 valence electrons. The number of hydrogen-bond acceptors (Lipinski definition) is 2. The van der Waals surface area contributed by atoms with Gasteiger partial charge in [0, 0.05) is 0 Å². The van der Waals surface area contributed by atoms with Gasteiger partial charge < -0.3 is 0 Å². The molecule has 3 nitrogen and oxygen atoms in total. The first kappa shape index (κ1) is 11.5. The summed E-state index contributed by atoms with van der Waals surface area (Å²) in [6.45, 7) is 3.29. The van der Waals surface area contributed by atoms with Crippen LogP contribution in [0, 0.1) is 0 Å². The van der Waals surface area contributed by atoms with E-state index in [1.54, 1.807) is 0 Å². The maximum Gasteiger partial charge on any atom is 0.256 e. The van der Waals surface area contributed by atoms with Crippen LogP contribution in [-0.2, 0) is 10.0 Å². The number of rotatable bonds is 5. The highest BCUT2D eigenvalue weighted by Crippen LogP contribution is 2.14. The summed E-state index contributed by atoms with van der Waals surface area (Å²) in [5.41, 5.74) is 0. The van der Waals surface area contributed by atoms with Crippen LogP contribution in [0.3, 0.4) is 0 Å². The molecule has 1 atom stereocenters. The van der Waals surface area contributed by atoms with Crippen molar-refractivity contribution in [1.82, 2.24) is 0 Å². The van der Waals surface area contributed by atoms with E-state index in [9.17, 15) is 17.2 Å². The Hall–Kier alpha value is -0.490. The zero-order chi connectivity index (χ0) is 9.78. The zero-order valence-electron chi connectivity index (χ0n) is 6.41. The molecule has 0 radical (unpaired) electrons. The van der Waals surface area contributed by atoms with Crippen LogP contribution in [0.25, 0.3) is 0 Å². The average Bonchev–Trinajstić information content (AvgIpc) is 1.84. The predicted octanol–water partition coefficient (Wildman–Crippen LogP) is 0.875. The molecule has 0 bridgehead atoms. The molecule has 0 spiro atoms. The standard InChI is InChI=1S/C6H11F2NO2S/c1-2-3-4-5(6(7)8)12(9,10)11/h2,5-6H,1,3-4H2,(H2,9,10,11). The number of hydrogen-bond donors (Lipinski definition) is 1. The van der Waals surface area contributed by atoms with Gasteiger partial charge >= 0.3 is 0 Å². The van der Waals surface area contributed by atoms with Gasteiger partial charge in [-0.25, -0.2) is 22.3 Å². The number of nitrogens with two attached hydrogens (primary N) is 1. The van der Waals surface area contributed by atoms with Crippen molar-refractivity contribution in [3.8, 4) is 0 Å². The molecule has 0 aliphatic rings. The lowest BCUT2D eigenvalue weighted by molar-refractivity contribution is 0.138. The Bertz CT molecular complexity index is 238. The van der Waals surface area contributed by atoms with Crippen molar-refractivity contribution in [2.75, 3.05) is 0 Å². The third-order valence-corrected chi connectivity index (χ3v) is 2.64. The lowest BCUT2D eigenvalue weighted by Crippen LogP contribution is -2.34. The molecule has 0 rings (SSSR count). The largest absolute Gasteiger partial charge is 0.256 e. The van der Waals surface area contributed by atoms with Gasteiger partial charge in [-0.2, -0.15) is 0 Å². The van der Waals surface area contributed by atoms with Crippen LogP contribution in [0.5, 0.6) is 0 Å². The molecule has 0 heterocycles. The van der Waals surface area contributed by atoms with E-state index in [4.69, 9.17) is 0 Å². The third-order valence-electron chi connectivity index (χ3n) is 1.36. The summed E-state index contributed by atoms with van der Waals surface area (Å²) < 4.78 is 45.1. The minimum absolute atomic E-state index is 0.181. The molecule has 0 aliphatic heterocycles. The lowest BCUT2D eigenvalue weighted by Gasteiger charge is -2.11. The van der Waals surface area contributed by atoms with Gasteiger partial charge in [0.1, 0.15) is 5.25 Å². The molecule has 0 saturated heterocycles. The predicted molar refractivity (Wildman–Crippen MR) is 42.3 cm³/mol. The van der Waals surface area contributed by atoms with E-state index in [1.807, 2.05) is 0 Å². The van der Waals surface area contributed by atoms with Gasteiger partial charge in [-0.3, -0.25) is 0 Å². The van der Waals surface area contributed by atoms with E-state index in [-0.39, 0.29) is 12.8 Å². The molecular weight excluding hydrogens is 188 g/mol. The summed E-state index contributed by atoms with van der Waals surface area (Å²) in [5.74, 6) is 0. The highest BCUT2D eigenvalue weighted by Gasteiger charge is 2.30. The van der Waals surface area contributed by atoms with E-state index in [0.29, 0.717) is 0 Å². The average molecular weight is 199 g/mol. The number of allylic oxidation sites excluding steroid dienone is 1. The third kappa shape index (κ3) is 3.77. The van der Waals surface area contributed by atoms with Gasteiger partial charge in [-0.05, 0) is 12.8 Å². The Labute approximate surface area is 70.3 Å². The molecule has 0 aliphatic carbocycles. The molecule has 0 saturated carbocycles. The van der Waals surface area contributed by atoms with E-state index < -0.39 is 21.7 Å². The first-order valence-corrected chi connectivity index (χ1v) is 4.91. The molecule has 12 heavy (non-hydrogen) atoms. The summed E-state index contributed by atoms with van der Waals surface area (Å²) in [6.07, 6.45) is -1.52. The molecule has 1 unspecified atom stereocenters. The van der Waals surface area contributed by atoms with Gasteiger partial charge in [-0.15, -0.1) is 6.58 Å². The van der Waals surface area contributed by atoms with E-state index >= 15 is 0 Å². The Balaban J connectivity index is 4.35. The molecular formula is C6H11F2NO2S. The zero-order valence-corrected chi connectivity index (χ0v) is 7.23. The molecule has 2 N–H and O–H groups in total. The Morgan fingerprint density at radius 3 is 2.25 bits per heavy atom. The topological polar surface area (TPSA) is 60.2 Å². The van der Waals surface area contributed by atoms with Gasteiger partial charge in [0.15, 0.2) is 0 Å². The van der Waals surface area contributed by atoms with Crippen LogP contribution in [0.4, 0.5) is 8.78 Å². The van der Waals surface area contributed by atoms with Crippen molar-refractivity contribution in [2.24, 2.45) is 5.14 Å².